The minimum atomic E-state index is 0.623. The molecule has 0 unspecified atom stereocenters. The van der Waals surface area contributed by atoms with Gasteiger partial charge in [0, 0.05) is 31.1 Å². The molecule has 2 aromatic carbocycles. The van der Waals surface area contributed by atoms with Crippen LogP contribution in [0.3, 0.4) is 0 Å². The van der Waals surface area contributed by atoms with Gasteiger partial charge in [0.1, 0.15) is 0 Å². The van der Waals surface area contributed by atoms with E-state index >= 15 is 0 Å². The number of benzene rings is 2. The van der Waals surface area contributed by atoms with Gasteiger partial charge in [-0.2, -0.15) is 5.10 Å². The Kier molecular flexibility index (Phi) is 5.69. The van der Waals surface area contributed by atoms with E-state index in [-0.39, 0.29) is 0 Å². The van der Waals surface area contributed by atoms with Crippen molar-refractivity contribution in [2.24, 2.45) is 0 Å². The normalized spacial score (nSPS) is 15.9. The Bertz CT molecular complexity index is 831. The van der Waals surface area contributed by atoms with Gasteiger partial charge in [-0.3, -0.25) is 9.58 Å². The van der Waals surface area contributed by atoms with Crippen molar-refractivity contribution < 1.29 is 0 Å². The van der Waals surface area contributed by atoms with Crippen LogP contribution in [0.25, 0.3) is 0 Å². The fourth-order valence-electron chi connectivity index (χ4n) is 4.32. The van der Waals surface area contributed by atoms with Crippen LogP contribution >= 0.6 is 0 Å². The molecule has 0 bridgehead atoms. The molecular formula is C24H29N3. The Morgan fingerprint density at radius 2 is 1.52 bits per heavy atom. The molecule has 1 aliphatic heterocycles. The van der Waals surface area contributed by atoms with Crippen molar-refractivity contribution >= 4 is 0 Å². The molecular weight excluding hydrogens is 330 g/mol. The number of aryl methyl sites for hydroxylation is 1. The molecule has 2 heterocycles. The van der Waals surface area contributed by atoms with Crippen LogP contribution in [0, 0.1) is 0 Å². The molecule has 4 rings (SSSR count). The standard InChI is InChI=1S/C24H29N3/c1-2-27-24(23(18-25-27)17-20-9-5-3-6-10-20)22-13-15-26(16-14-22)19-21-11-7-4-8-12-21/h3-12,18,22H,2,13-17,19H2,1H3. The number of aromatic nitrogens is 2. The molecule has 0 N–H and O–H groups in total. The summed E-state index contributed by atoms with van der Waals surface area (Å²) in [5.74, 6) is 0.623. The summed E-state index contributed by atoms with van der Waals surface area (Å²) in [5.41, 5.74) is 5.67. The van der Waals surface area contributed by atoms with Gasteiger partial charge in [-0.1, -0.05) is 60.7 Å². The topological polar surface area (TPSA) is 21.1 Å². The number of piperidine rings is 1. The van der Waals surface area contributed by atoms with E-state index in [4.69, 9.17) is 5.10 Å². The number of rotatable bonds is 6. The van der Waals surface area contributed by atoms with Gasteiger partial charge in [-0.05, 0) is 49.5 Å². The van der Waals surface area contributed by atoms with Crippen molar-refractivity contribution in [3.8, 4) is 0 Å². The second kappa shape index (κ2) is 8.53. The Labute approximate surface area is 162 Å². The highest BCUT2D eigenvalue weighted by molar-refractivity contribution is 5.30. The fraction of sp³-hybridized carbons (Fsp3) is 0.375. The minimum absolute atomic E-state index is 0.623. The molecule has 1 fully saturated rings. The van der Waals surface area contributed by atoms with Crippen molar-refractivity contribution in [1.82, 2.24) is 14.7 Å². The van der Waals surface area contributed by atoms with Gasteiger partial charge in [0.15, 0.2) is 0 Å². The monoisotopic (exact) mass is 359 g/mol. The van der Waals surface area contributed by atoms with Crippen LogP contribution in [0.1, 0.15) is 48.1 Å². The highest BCUT2D eigenvalue weighted by atomic mass is 15.3. The van der Waals surface area contributed by atoms with Gasteiger partial charge in [-0.15, -0.1) is 0 Å². The van der Waals surface area contributed by atoms with Crippen LogP contribution in [-0.4, -0.2) is 27.8 Å². The third-order valence-electron chi connectivity index (χ3n) is 5.72. The first-order chi connectivity index (χ1) is 13.3. The summed E-state index contributed by atoms with van der Waals surface area (Å²) >= 11 is 0. The van der Waals surface area contributed by atoms with Crippen LogP contribution in [-0.2, 0) is 19.5 Å². The Balaban J connectivity index is 1.45. The van der Waals surface area contributed by atoms with E-state index < -0.39 is 0 Å². The van der Waals surface area contributed by atoms with Crippen molar-refractivity contribution in [3.63, 3.8) is 0 Å². The lowest BCUT2D eigenvalue weighted by Gasteiger charge is -2.32. The first-order valence-electron chi connectivity index (χ1n) is 10.2. The van der Waals surface area contributed by atoms with Crippen LogP contribution in [0.15, 0.2) is 66.9 Å². The average molecular weight is 360 g/mol. The van der Waals surface area contributed by atoms with E-state index in [0.717, 1.165) is 19.5 Å². The van der Waals surface area contributed by atoms with Gasteiger partial charge in [-0.25, -0.2) is 0 Å². The molecule has 27 heavy (non-hydrogen) atoms. The van der Waals surface area contributed by atoms with Gasteiger partial charge >= 0.3 is 0 Å². The molecule has 0 radical (unpaired) electrons. The Hall–Kier alpha value is -2.39. The third-order valence-corrected chi connectivity index (χ3v) is 5.72. The molecule has 1 saturated heterocycles. The zero-order chi connectivity index (χ0) is 18.5. The quantitative estimate of drug-likeness (QED) is 0.626. The predicted molar refractivity (Wildman–Crippen MR) is 111 cm³/mol. The lowest BCUT2D eigenvalue weighted by atomic mass is 9.89. The highest BCUT2D eigenvalue weighted by Gasteiger charge is 2.25. The zero-order valence-electron chi connectivity index (χ0n) is 16.2. The molecule has 0 spiro atoms. The number of nitrogens with zero attached hydrogens (tertiary/aromatic N) is 3. The molecule has 0 amide bonds. The SMILES string of the molecule is CCn1ncc(Cc2ccccc2)c1C1CCN(Cc2ccccc2)CC1. The Morgan fingerprint density at radius 3 is 2.15 bits per heavy atom. The highest BCUT2D eigenvalue weighted by Crippen LogP contribution is 2.32. The summed E-state index contributed by atoms with van der Waals surface area (Å²) in [6.45, 7) is 6.55. The molecule has 1 aliphatic rings. The second-order valence-electron chi connectivity index (χ2n) is 7.57. The molecule has 0 saturated carbocycles. The largest absolute Gasteiger partial charge is 0.299 e. The van der Waals surface area contributed by atoms with E-state index in [9.17, 15) is 0 Å². The van der Waals surface area contributed by atoms with Crippen LogP contribution < -0.4 is 0 Å². The van der Waals surface area contributed by atoms with E-state index in [2.05, 4.69) is 83.4 Å². The first-order valence-corrected chi connectivity index (χ1v) is 10.2. The summed E-state index contributed by atoms with van der Waals surface area (Å²) in [6.07, 6.45) is 5.53. The van der Waals surface area contributed by atoms with Crippen molar-refractivity contribution in [1.29, 1.82) is 0 Å². The van der Waals surface area contributed by atoms with Crippen LogP contribution in [0.5, 0.6) is 0 Å². The molecule has 1 aromatic heterocycles. The summed E-state index contributed by atoms with van der Waals surface area (Å²) in [6, 6.07) is 21.6. The number of likely N-dealkylation sites (tertiary alicyclic amines) is 1. The lowest BCUT2D eigenvalue weighted by molar-refractivity contribution is 0.201. The maximum absolute atomic E-state index is 4.70. The number of hydrogen-bond acceptors (Lipinski definition) is 2. The van der Waals surface area contributed by atoms with Crippen LogP contribution in [0.4, 0.5) is 0 Å². The maximum atomic E-state index is 4.70. The molecule has 140 valence electrons. The molecule has 0 aliphatic carbocycles. The second-order valence-corrected chi connectivity index (χ2v) is 7.57. The van der Waals surface area contributed by atoms with E-state index in [1.165, 1.54) is 48.3 Å². The average Bonchev–Trinajstić information content (AvgIpc) is 3.13. The molecule has 3 nitrogen and oxygen atoms in total. The summed E-state index contributed by atoms with van der Waals surface area (Å²) < 4.78 is 2.23. The van der Waals surface area contributed by atoms with Gasteiger partial charge in [0.25, 0.3) is 0 Å². The van der Waals surface area contributed by atoms with Gasteiger partial charge < -0.3 is 0 Å². The van der Waals surface area contributed by atoms with E-state index in [1.54, 1.807) is 0 Å². The summed E-state index contributed by atoms with van der Waals surface area (Å²) in [4.78, 5) is 2.59. The predicted octanol–water partition coefficient (Wildman–Crippen LogP) is 4.87. The van der Waals surface area contributed by atoms with Crippen molar-refractivity contribution in [2.45, 2.75) is 45.2 Å². The summed E-state index contributed by atoms with van der Waals surface area (Å²) in [5, 5.41) is 4.70. The van der Waals surface area contributed by atoms with Gasteiger partial charge in [0.05, 0.1) is 6.20 Å². The fourth-order valence-corrected chi connectivity index (χ4v) is 4.32. The smallest absolute Gasteiger partial charge is 0.0528 e. The van der Waals surface area contributed by atoms with Crippen molar-refractivity contribution in [2.75, 3.05) is 13.1 Å². The minimum Gasteiger partial charge on any atom is -0.299 e. The van der Waals surface area contributed by atoms with E-state index in [1.807, 2.05) is 0 Å². The zero-order valence-corrected chi connectivity index (χ0v) is 16.2. The lowest BCUT2D eigenvalue weighted by Crippen LogP contribution is -2.33. The van der Waals surface area contributed by atoms with Crippen LogP contribution in [0.2, 0.25) is 0 Å². The molecule has 0 atom stereocenters. The maximum Gasteiger partial charge on any atom is 0.0528 e. The van der Waals surface area contributed by atoms with Gasteiger partial charge in [0.2, 0.25) is 0 Å². The molecule has 3 heteroatoms. The van der Waals surface area contributed by atoms with E-state index in [0.29, 0.717) is 5.92 Å². The Morgan fingerprint density at radius 1 is 0.889 bits per heavy atom. The first kappa shape index (κ1) is 18.0. The number of hydrogen-bond donors (Lipinski definition) is 0. The molecule has 3 aromatic rings. The summed E-state index contributed by atoms with van der Waals surface area (Å²) in [7, 11) is 0. The third kappa shape index (κ3) is 4.30. The van der Waals surface area contributed by atoms with Crippen molar-refractivity contribution in [3.05, 3.63) is 89.2 Å².